The van der Waals surface area contributed by atoms with Gasteiger partial charge in [0.1, 0.15) is 5.82 Å². The van der Waals surface area contributed by atoms with E-state index in [0.717, 1.165) is 38.0 Å². The maximum atomic E-state index is 14.0. The molecule has 2 atom stereocenters. The van der Waals surface area contributed by atoms with Crippen LogP contribution in [0, 0.1) is 5.82 Å². The van der Waals surface area contributed by atoms with Crippen molar-refractivity contribution in [3.63, 3.8) is 0 Å². The first kappa shape index (κ1) is 21.8. The predicted molar refractivity (Wildman–Crippen MR) is 124 cm³/mol. The standard InChI is InChI=1S/C25H29ClFN3O/c1-19-17-25(11-14-29(19)18-20-7-3-2-4-8-20)23(28-13-6-12-26)16-24(31)30(25)22-10-5-9-21(27)15-22/h2-5,7-10,15-16,19,28H,6,11-14,17-18H2,1H3/t19-,25+/m0/s1. The monoisotopic (exact) mass is 441 g/mol. The number of hydrogen-bond donors (Lipinski definition) is 1. The lowest BCUT2D eigenvalue weighted by Gasteiger charge is -2.49. The van der Waals surface area contributed by atoms with Crippen molar-refractivity contribution in [2.45, 2.75) is 44.3 Å². The summed E-state index contributed by atoms with van der Waals surface area (Å²) in [6, 6.07) is 17.1. The fourth-order valence-electron chi connectivity index (χ4n) is 4.92. The molecule has 0 saturated carbocycles. The van der Waals surface area contributed by atoms with Crippen LogP contribution in [0.1, 0.15) is 31.7 Å². The number of anilines is 1. The summed E-state index contributed by atoms with van der Waals surface area (Å²) in [4.78, 5) is 17.4. The predicted octanol–water partition coefficient (Wildman–Crippen LogP) is 4.70. The van der Waals surface area contributed by atoms with Crippen molar-refractivity contribution in [2.75, 3.05) is 23.9 Å². The third kappa shape index (κ3) is 4.48. The molecule has 1 amide bonds. The van der Waals surface area contributed by atoms with E-state index in [-0.39, 0.29) is 17.8 Å². The topological polar surface area (TPSA) is 35.6 Å². The van der Waals surface area contributed by atoms with Gasteiger partial charge in [-0.15, -0.1) is 11.6 Å². The van der Waals surface area contributed by atoms with E-state index in [0.29, 0.717) is 18.1 Å². The van der Waals surface area contributed by atoms with Crippen LogP contribution in [0.15, 0.2) is 66.4 Å². The number of nitrogens with one attached hydrogen (secondary N) is 1. The zero-order valence-electron chi connectivity index (χ0n) is 17.9. The normalized spacial score (nSPS) is 24.0. The van der Waals surface area contributed by atoms with Gasteiger partial charge >= 0.3 is 0 Å². The molecule has 31 heavy (non-hydrogen) atoms. The highest BCUT2D eigenvalue weighted by molar-refractivity contribution is 6.17. The Hall–Kier alpha value is -2.37. The molecule has 1 spiro atoms. The summed E-state index contributed by atoms with van der Waals surface area (Å²) in [5.41, 5.74) is 2.33. The molecule has 164 valence electrons. The second-order valence-electron chi connectivity index (χ2n) is 8.47. The Kier molecular flexibility index (Phi) is 6.63. The van der Waals surface area contributed by atoms with Crippen LogP contribution in [0.5, 0.6) is 0 Å². The largest absolute Gasteiger partial charge is 0.386 e. The van der Waals surface area contributed by atoms with Crippen LogP contribution in [-0.4, -0.2) is 41.4 Å². The first-order valence-corrected chi connectivity index (χ1v) is 11.5. The minimum atomic E-state index is -0.496. The van der Waals surface area contributed by atoms with Gasteiger partial charge in [0.15, 0.2) is 0 Å². The highest BCUT2D eigenvalue weighted by Crippen LogP contribution is 2.44. The summed E-state index contributed by atoms with van der Waals surface area (Å²) in [6.07, 6.45) is 4.07. The minimum Gasteiger partial charge on any atom is -0.386 e. The summed E-state index contributed by atoms with van der Waals surface area (Å²) >= 11 is 5.87. The van der Waals surface area contributed by atoms with Gasteiger partial charge in [0.2, 0.25) is 0 Å². The summed E-state index contributed by atoms with van der Waals surface area (Å²) in [6.45, 7) is 4.66. The van der Waals surface area contributed by atoms with E-state index < -0.39 is 5.54 Å². The van der Waals surface area contributed by atoms with E-state index in [1.165, 1.54) is 17.7 Å². The Morgan fingerprint density at radius 3 is 2.71 bits per heavy atom. The lowest BCUT2D eigenvalue weighted by Crippen LogP contribution is -2.59. The van der Waals surface area contributed by atoms with Crippen molar-refractivity contribution in [3.8, 4) is 0 Å². The molecule has 0 aromatic heterocycles. The van der Waals surface area contributed by atoms with Crippen molar-refractivity contribution in [1.29, 1.82) is 0 Å². The molecule has 2 aliphatic rings. The van der Waals surface area contributed by atoms with Gasteiger partial charge in [-0.25, -0.2) is 4.39 Å². The molecule has 1 saturated heterocycles. The van der Waals surface area contributed by atoms with E-state index >= 15 is 0 Å². The van der Waals surface area contributed by atoms with Crippen LogP contribution in [-0.2, 0) is 11.3 Å². The van der Waals surface area contributed by atoms with Crippen molar-refractivity contribution < 1.29 is 9.18 Å². The highest BCUT2D eigenvalue weighted by atomic mass is 35.5. The molecule has 1 N–H and O–H groups in total. The maximum absolute atomic E-state index is 14.0. The summed E-state index contributed by atoms with van der Waals surface area (Å²) in [7, 11) is 0. The number of carbonyl (C=O) groups excluding carboxylic acids is 1. The van der Waals surface area contributed by atoms with Crippen molar-refractivity contribution in [1.82, 2.24) is 10.2 Å². The van der Waals surface area contributed by atoms with Crippen LogP contribution in [0.4, 0.5) is 10.1 Å². The first-order valence-electron chi connectivity index (χ1n) is 10.9. The molecule has 1 fully saturated rings. The zero-order valence-corrected chi connectivity index (χ0v) is 18.6. The van der Waals surface area contributed by atoms with E-state index in [1.807, 2.05) is 12.1 Å². The van der Waals surface area contributed by atoms with Gasteiger partial charge in [0.05, 0.1) is 5.54 Å². The number of hydrogen-bond acceptors (Lipinski definition) is 3. The first-order chi connectivity index (χ1) is 15.0. The Labute approximate surface area is 188 Å². The molecule has 0 aliphatic carbocycles. The molecule has 0 bridgehead atoms. The average molecular weight is 442 g/mol. The molecule has 0 unspecified atom stereocenters. The van der Waals surface area contributed by atoms with Gasteiger partial charge in [0, 0.05) is 49.0 Å². The maximum Gasteiger partial charge on any atom is 0.253 e. The summed E-state index contributed by atoms with van der Waals surface area (Å²) in [5.74, 6) is 0.136. The fourth-order valence-corrected chi connectivity index (χ4v) is 5.05. The molecule has 2 aromatic carbocycles. The van der Waals surface area contributed by atoms with Gasteiger partial charge in [-0.05, 0) is 49.9 Å². The van der Waals surface area contributed by atoms with E-state index in [1.54, 1.807) is 17.0 Å². The number of carbonyl (C=O) groups is 1. The van der Waals surface area contributed by atoms with Crippen molar-refractivity contribution in [3.05, 3.63) is 77.8 Å². The average Bonchev–Trinajstić information content (AvgIpc) is 3.02. The van der Waals surface area contributed by atoms with Crippen LogP contribution < -0.4 is 10.2 Å². The van der Waals surface area contributed by atoms with Gasteiger partial charge < -0.3 is 5.32 Å². The van der Waals surface area contributed by atoms with Crippen molar-refractivity contribution >= 4 is 23.2 Å². The number of benzene rings is 2. The fraction of sp³-hybridized carbons (Fsp3) is 0.400. The third-order valence-electron chi connectivity index (χ3n) is 6.41. The van der Waals surface area contributed by atoms with Crippen LogP contribution >= 0.6 is 11.6 Å². The Bertz CT molecular complexity index is 951. The number of likely N-dealkylation sites (tertiary alicyclic amines) is 1. The number of halogens is 2. The Morgan fingerprint density at radius 2 is 2.00 bits per heavy atom. The summed E-state index contributed by atoms with van der Waals surface area (Å²) < 4.78 is 14.0. The van der Waals surface area contributed by atoms with Gasteiger partial charge in [-0.1, -0.05) is 36.4 Å². The minimum absolute atomic E-state index is 0.0947. The van der Waals surface area contributed by atoms with E-state index in [9.17, 15) is 9.18 Å². The molecule has 2 aromatic rings. The van der Waals surface area contributed by atoms with Crippen LogP contribution in [0.2, 0.25) is 0 Å². The molecule has 4 nitrogen and oxygen atoms in total. The molecule has 4 rings (SSSR count). The second kappa shape index (κ2) is 9.41. The zero-order chi connectivity index (χ0) is 21.8. The molecular weight excluding hydrogens is 413 g/mol. The Balaban J connectivity index is 1.62. The second-order valence-corrected chi connectivity index (χ2v) is 8.85. The number of alkyl halides is 1. The smallest absolute Gasteiger partial charge is 0.253 e. The molecule has 2 heterocycles. The quantitative estimate of drug-likeness (QED) is 0.499. The van der Waals surface area contributed by atoms with Gasteiger partial charge in [-0.3, -0.25) is 14.6 Å². The summed E-state index contributed by atoms with van der Waals surface area (Å²) in [5, 5.41) is 3.47. The molecule has 0 radical (unpaired) electrons. The van der Waals surface area contributed by atoms with Crippen molar-refractivity contribution in [2.24, 2.45) is 0 Å². The van der Waals surface area contributed by atoms with Gasteiger partial charge in [0.25, 0.3) is 5.91 Å². The Morgan fingerprint density at radius 1 is 1.19 bits per heavy atom. The van der Waals surface area contributed by atoms with E-state index in [2.05, 4.69) is 41.4 Å². The third-order valence-corrected chi connectivity index (χ3v) is 6.67. The lowest BCUT2D eigenvalue weighted by molar-refractivity contribution is -0.114. The lowest BCUT2D eigenvalue weighted by atomic mass is 9.80. The number of nitrogens with zero attached hydrogens (tertiary/aromatic N) is 2. The van der Waals surface area contributed by atoms with E-state index in [4.69, 9.17) is 11.6 Å². The van der Waals surface area contributed by atoms with Crippen LogP contribution in [0.25, 0.3) is 0 Å². The highest BCUT2D eigenvalue weighted by Gasteiger charge is 2.51. The molecule has 6 heteroatoms. The molecule has 2 aliphatic heterocycles. The van der Waals surface area contributed by atoms with Crippen LogP contribution in [0.3, 0.4) is 0 Å². The number of piperidine rings is 1. The van der Waals surface area contributed by atoms with Gasteiger partial charge in [-0.2, -0.15) is 0 Å². The number of amides is 1. The SMILES string of the molecule is C[C@H]1C[C@]2(CCN1Cc1ccccc1)C(NCCCCl)=CC(=O)N2c1cccc(F)c1. The number of rotatable bonds is 7. The molecular formula is C25H29ClFN3O.